The lowest BCUT2D eigenvalue weighted by Crippen LogP contribution is -2.46. The fourth-order valence-corrected chi connectivity index (χ4v) is 2.56. The van der Waals surface area contributed by atoms with Crippen molar-refractivity contribution in [1.29, 1.82) is 0 Å². The van der Waals surface area contributed by atoms with Crippen molar-refractivity contribution in [3.63, 3.8) is 0 Å². The molecule has 26 heavy (non-hydrogen) atoms. The van der Waals surface area contributed by atoms with Crippen LogP contribution in [0.2, 0.25) is 0 Å². The van der Waals surface area contributed by atoms with E-state index < -0.39 is 0 Å². The standard InChI is InChI=1S/C16H21N5O5/c1-3-4-5-13-18-19-15(25-13)16(22)21-6-7-24-11(9-21)8-14-17-12(10-23-2)20-26-14/h3-4,11H,5-10H2,1-2H3/b4-3+/t11-/m0/s1. The van der Waals surface area contributed by atoms with E-state index >= 15 is 0 Å². The average molecular weight is 363 g/mol. The highest BCUT2D eigenvalue weighted by atomic mass is 16.5. The van der Waals surface area contributed by atoms with Gasteiger partial charge in [-0.1, -0.05) is 17.3 Å². The fourth-order valence-electron chi connectivity index (χ4n) is 2.56. The highest BCUT2D eigenvalue weighted by molar-refractivity contribution is 5.89. The minimum atomic E-state index is -0.303. The number of nitrogens with zero attached hydrogens (tertiary/aromatic N) is 5. The smallest absolute Gasteiger partial charge is 0.311 e. The Balaban J connectivity index is 1.58. The van der Waals surface area contributed by atoms with Crippen molar-refractivity contribution in [2.45, 2.75) is 32.5 Å². The molecule has 0 unspecified atom stereocenters. The molecule has 1 aliphatic heterocycles. The van der Waals surface area contributed by atoms with E-state index in [2.05, 4.69) is 20.3 Å². The molecule has 1 atom stereocenters. The van der Waals surface area contributed by atoms with Crippen molar-refractivity contribution in [2.75, 3.05) is 26.8 Å². The first-order valence-corrected chi connectivity index (χ1v) is 8.34. The van der Waals surface area contributed by atoms with Gasteiger partial charge >= 0.3 is 11.8 Å². The maximum atomic E-state index is 12.6. The topological polar surface area (TPSA) is 117 Å². The lowest BCUT2D eigenvalue weighted by atomic mass is 10.2. The molecule has 0 radical (unpaired) electrons. The summed E-state index contributed by atoms with van der Waals surface area (Å²) in [5, 5.41) is 11.5. The summed E-state index contributed by atoms with van der Waals surface area (Å²) in [5.74, 6) is 1.02. The van der Waals surface area contributed by atoms with E-state index in [4.69, 9.17) is 18.4 Å². The maximum Gasteiger partial charge on any atom is 0.311 e. The Morgan fingerprint density at radius 1 is 1.38 bits per heavy atom. The van der Waals surface area contributed by atoms with Crippen molar-refractivity contribution in [3.8, 4) is 0 Å². The van der Waals surface area contributed by atoms with Crippen molar-refractivity contribution >= 4 is 5.91 Å². The number of carbonyl (C=O) groups is 1. The van der Waals surface area contributed by atoms with E-state index in [1.165, 1.54) is 0 Å². The molecule has 140 valence electrons. The summed E-state index contributed by atoms with van der Waals surface area (Å²) in [4.78, 5) is 18.4. The summed E-state index contributed by atoms with van der Waals surface area (Å²) >= 11 is 0. The molecule has 2 aromatic heterocycles. The number of allylic oxidation sites excluding steroid dienone is 2. The van der Waals surface area contributed by atoms with Gasteiger partial charge in [0.1, 0.15) is 6.61 Å². The van der Waals surface area contributed by atoms with E-state index in [1.807, 2.05) is 19.1 Å². The quantitative estimate of drug-likeness (QED) is 0.658. The molecule has 0 bridgehead atoms. The molecule has 0 aliphatic carbocycles. The van der Waals surface area contributed by atoms with Gasteiger partial charge in [0, 0.05) is 26.6 Å². The van der Waals surface area contributed by atoms with E-state index in [0.29, 0.717) is 50.1 Å². The molecule has 1 saturated heterocycles. The molecule has 1 aliphatic rings. The highest BCUT2D eigenvalue weighted by Gasteiger charge is 2.29. The third kappa shape index (κ3) is 4.52. The minimum absolute atomic E-state index is 0.00896. The third-order valence-electron chi connectivity index (χ3n) is 3.79. The summed E-state index contributed by atoms with van der Waals surface area (Å²) in [7, 11) is 1.56. The van der Waals surface area contributed by atoms with Crippen LogP contribution in [0, 0.1) is 0 Å². The Morgan fingerprint density at radius 2 is 2.27 bits per heavy atom. The van der Waals surface area contributed by atoms with E-state index in [1.54, 1.807) is 12.0 Å². The van der Waals surface area contributed by atoms with Crippen LogP contribution < -0.4 is 0 Å². The number of amides is 1. The van der Waals surface area contributed by atoms with Crippen LogP contribution in [-0.2, 0) is 28.9 Å². The van der Waals surface area contributed by atoms with Crippen LogP contribution in [0.3, 0.4) is 0 Å². The van der Waals surface area contributed by atoms with Gasteiger partial charge in [0.15, 0.2) is 5.82 Å². The van der Waals surface area contributed by atoms with Gasteiger partial charge in [0.25, 0.3) is 0 Å². The van der Waals surface area contributed by atoms with Gasteiger partial charge in [-0.15, -0.1) is 10.2 Å². The molecule has 0 N–H and O–H groups in total. The van der Waals surface area contributed by atoms with Gasteiger partial charge in [-0.3, -0.25) is 4.79 Å². The number of hydrogen-bond acceptors (Lipinski definition) is 9. The lowest BCUT2D eigenvalue weighted by molar-refractivity contribution is -0.0249. The van der Waals surface area contributed by atoms with E-state index in [-0.39, 0.29) is 24.5 Å². The van der Waals surface area contributed by atoms with Crippen LogP contribution in [0.1, 0.15) is 35.2 Å². The number of hydrogen-bond donors (Lipinski definition) is 0. The summed E-state index contributed by atoms with van der Waals surface area (Å²) in [6, 6.07) is 0. The molecule has 2 aromatic rings. The average Bonchev–Trinajstić information content (AvgIpc) is 3.29. The monoisotopic (exact) mass is 363 g/mol. The van der Waals surface area contributed by atoms with Crippen molar-refractivity contribution in [1.82, 2.24) is 25.2 Å². The first kappa shape index (κ1) is 18.2. The fraction of sp³-hybridized carbons (Fsp3) is 0.562. The van der Waals surface area contributed by atoms with Crippen LogP contribution in [0.25, 0.3) is 0 Å². The molecule has 3 heterocycles. The molecule has 10 nitrogen and oxygen atoms in total. The second-order valence-electron chi connectivity index (χ2n) is 5.76. The number of ether oxygens (including phenoxy) is 2. The predicted octanol–water partition coefficient (Wildman–Crippen LogP) is 0.801. The zero-order valence-electron chi connectivity index (χ0n) is 14.8. The molecule has 1 fully saturated rings. The molecular weight excluding hydrogens is 342 g/mol. The van der Waals surface area contributed by atoms with E-state index in [9.17, 15) is 4.79 Å². The first-order chi connectivity index (χ1) is 12.7. The van der Waals surface area contributed by atoms with Gasteiger partial charge in [0.2, 0.25) is 11.8 Å². The minimum Gasteiger partial charge on any atom is -0.417 e. The number of carbonyl (C=O) groups excluding carboxylic acids is 1. The van der Waals surface area contributed by atoms with Crippen LogP contribution in [0.15, 0.2) is 21.1 Å². The number of methoxy groups -OCH3 is 1. The number of rotatable bonds is 7. The Labute approximate surface area is 150 Å². The van der Waals surface area contributed by atoms with Crippen LogP contribution in [-0.4, -0.2) is 64.1 Å². The zero-order chi connectivity index (χ0) is 18.4. The van der Waals surface area contributed by atoms with Crippen LogP contribution in [0.4, 0.5) is 0 Å². The van der Waals surface area contributed by atoms with Crippen molar-refractivity contribution < 1.29 is 23.2 Å². The Hall–Kier alpha value is -2.59. The summed E-state index contributed by atoms with van der Waals surface area (Å²) < 4.78 is 21.2. The van der Waals surface area contributed by atoms with Gasteiger partial charge < -0.3 is 23.3 Å². The van der Waals surface area contributed by atoms with Crippen molar-refractivity contribution in [2.24, 2.45) is 0 Å². The Morgan fingerprint density at radius 3 is 3.08 bits per heavy atom. The summed E-state index contributed by atoms with van der Waals surface area (Å²) in [6.45, 7) is 3.44. The first-order valence-electron chi connectivity index (χ1n) is 8.34. The largest absolute Gasteiger partial charge is 0.417 e. The van der Waals surface area contributed by atoms with Gasteiger partial charge in [-0.25, -0.2) is 0 Å². The second kappa shape index (κ2) is 8.68. The summed E-state index contributed by atoms with van der Waals surface area (Å²) in [5.41, 5.74) is 0. The second-order valence-corrected chi connectivity index (χ2v) is 5.76. The molecule has 0 aromatic carbocycles. The molecule has 1 amide bonds. The van der Waals surface area contributed by atoms with Gasteiger partial charge in [0.05, 0.1) is 19.1 Å². The number of morpholine rings is 1. The highest BCUT2D eigenvalue weighted by Crippen LogP contribution is 2.14. The SMILES string of the molecule is C/C=C/Cc1nnc(C(=O)N2CCO[C@@H](Cc3nc(COC)no3)C2)o1. The van der Waals surface area contributed by atoms with Crippen molar-refractivity contribution in [3.05, 3.63) is 35.6 Å². The van der Waals surface area contributed by atoms with Gasteiger partial charge in [-0.2, -0.15) is 4.98 Å². The molecule has 0 spiro atoms. The third-order valence-corrected chi connectivity index (χ3v) is 3.79. The van der Waals surface area contributed by atoms with Gasteiger partial charge in [-0.05, 0) is 6.92 Å². The Kier molecular flexibility index (Phi) is 6.08. The van der Waals surface area contributed by atoms with Crippen LogP contribution >= 0.6 is 0 Å². The lowest BCUT2D eigenvalue weighted by Gasteiger charge is -2.31. The molecular formula is C16H21N5O5. The van der Waals surface area contributed by atoms with Crippen LogP contribution in [0.5, 0.6) is 0 Å². The number of aromatic nitrogens is 4. The van der Waals surface area contributed by atoms with E-state index in [0.717, 1.165) is 0 Å². The molecule has 0 saturated carbocycles. The normalized spacial score (nSPS) is 17.9. The zero-order valence-corrected chi connectivity index (χ0v) is 14.8. The summed E-state index contributed by atoms with van der Waals surface area (Å²) in [6.07, 6.45) is 4.44. The predicted molar refractivity (Wildman–Crippen MR) is 87.2 cm³/mol. The molecule has 10 heteroatoms. The molecule has 3 rings (SSSR count). The Bertz CT molecular complexity index is 756. The maximum absolute atomic E-state index is 12.6.